The van der Waals surface area contributed by atoms with Gasteiger partial charge in [0.2, 0.25) is 5.78 Å². The molecule has 0 unspecified atom stereocenters. The zero-order valence-corrected chi connectivity index (χ0v) is 17.6. The number of hydrogen-bond acceptors (Lipinski definition) is 6. The molecule has 1 aliphatic rings. The third-order valence-corrected chi connectivity index (χ3v) is 5.10. The van der Waals surface area contributed by atoms with Crippen molar-refractivity contribution in [2.75, 3.05) is 0 Å². The normalized spacial score (nSPS) is 12.9. The maximum Gasteiger partial charge on any atom is 0.635 e. The Hall–Kier alpha value is -4.86. The number of hydrogen-bond donors (Lipinski definition) is 3. The quantitative estimate of drug-likeness (QED) is 0.153. The monoisotopic (exact) mass is 452 g/mol. The fraction of sp³-hybridized carbons (Fsp3) is 0. The Bertz CT molecular complexity index is 1390. The van der Waals surface area contributed by atoms with Gasteiger partial charge in [-0.2, -0.15) is 10.2 Å². The lowest BCUT2D eigenvalue weighted by Crippen LogP contribution is -2.27. The highest BCUT2D eigenvalue weighted by Gasteiger charge is 2.38. The van der Waals surface area contributed by atoms with E-state index in [0.29, 0.717) is 39.7 Å². The highest BCUT2D eigenvalue weighted by Crippen LogP contribution is 2.39. The molecule has 0 atom stereocenters. The number of carbonyl (C=O) groups is 2. The van der Waals surface area contributed by atoms with Crippen LogP contribution in [-0.4, -0.2) is 33.9 Å². The number of aromatic nitrogens is 2. The second-order valence-corrected chi connectivity index (χ2v) is 7.38. The van der Waals surface area contributed by atoms with Crippen LogP contribution in [0.25, 0.3) is 5.47 Å². The fourth-order valence-corrected chi connectivity index (χ4v) is 3.40. The molecular weight excluding hydrogens is 435 g/mol. The number of H-pyrrole nitrogens is 2. The second-order valence-electron chi connectivity index (χ2n) is 7.38. The molecule has 1 aliphatic heterocycles. The molecule has 2 aromatic carbocycles. The molecular formula is C24H17BN4O5. The molecule has 0 fully saturated rings. The molecule has 10 heteroatoms. The number of carboxylic acids is 1. The minimum absolute atomic E-state index is 0.175. The number of carbonyl (C=O) groups excluding carboxylic acids is 1. The molecule has 0 spiro atoms. The number of rotatable bonds is 7. The molecule has 3 N–H and O–H groups in total. The lowest BCUT2D eigenvalue weighted by Gasteiger charge is -2.08. The number of nitrogens with zero attached hydrogens (tertiary/aromatic N) is 2. The van der Waals surface area contributed by atoms with E-state index in [9.17, 15) is 9.59 Å². The number of aromatic amines is 2. The SMILES string of the molecule is O=C(O)c1ccc(N=Nc2ccc3c(c2)OB(/C(=C/C(=O)c2ccc[nH]2)c2ccc[nH]2)O3)cc1. The maximum atomic E-state index is 12.7. The Morgan fingerprint density at radius 3 is 2.15 bits per heavy atom. The molecule has 0 saturated heterocycles. The van der Waals surface area contributed by atoms with Gasteiger partial charge in [0.25, 0.3) is 0 Å². The third kappa shape index (κ3) is 4.37. The Labute approximate surface area is 193 Å². The van der Waals surface area contributed by atoms with E-state index in [1.165, 1.54) is 18.2 Å². The van der Waals surface area contributed by atoms with Crippen molar-refractivity contribution in [3.63, 3.8) is 0 Å². The average molecular weight is 452 g/mol. The number of carboxylic acid groups (broad SMARTS) is 1. The first-order valence-electron chi connectivity index (χ1n) is 10.3. The molecule has 9 nitrogen and oxygen atoms in total. The molecule has 0 aliphatic carbocycles. The Kier molecular flexibility index (Phi) is 5.53. The number of nitrogens with one attached hydrogen (secondary N) is 2. The van der Waals surface area contributed by atoms with Gasteiger partial charge in [-0.1, -0.05) is 0 Å². The summed E-state index contributed by atoms with van der Waals surface area (Å²) in [6.45, 7) is 0. The summed E-state index contributed by atoms with van der Waals surface area (Å²) in [5.74, 6) is -0.232. The summed E-state index contributed by atoms with van der Waals surface area (Å²) in [6.07, 6.45) is 4.92. The summed E-state index contributed by atoms with van der Waals surface area (Å²) >= 11 is 0. The summed E-state index contributed by atoms with van der Waals surface area (Å²) in [4.78, 5) is 29.6. The van der Waals surface area contributed by atoms with E-state index >= 15 is 0 Å². The topological polar surface area (TPSA) is 129 Å². The van der Waals surface area contributed by atoms with Gasteiger partial charge >= 0.3 is 13.1 Å². The van der Waals surface area contributed by atoms with Crippen molar-refractivity contribution in [1.82, 2.24) is 9.97 Å². The van der Waals surface area contributed by atoms with Crippen LogP contribution in [0.15, 0.2) is 95.4 Å². The van der Waals surface area contributed by atoms with Gasteiger partial charge in [-0.15, -0.1) is 0 Å². The van der Waals surface area contributed by atoms with Crippen molar-refractivity contribution in [2.24, 2.45) is 10.2 Å². The lowest BCUT2D eigenvalue weighted by molar-refractivity contribution is 0.0696. The minimum Gasteiger partial charge on any atom is -0.519 e. The van der Waals surface area contributed by atoms with Crippen LogP contribution in [0.2, 0.25) is 0 Å². The highest BCUT2D eigenvalue weighted by atomic mass is 16.6. The van der Waals surface area contributed by atoms with E-state index in [0.717, 1.165) is 0 Å². The van der Waals surface area contributed by atoms with Crippen molar-refractivity contribution >= 4 is 35.7 Å². The van der Waals surface area contributed by atoms with Crippen molar-refractivity contribution in [2.45, 2.75) is 0 Å². The van der Waals surface area contributed by atoms with Crippen LogP contribution >= 0.6 is 0 Å². The van der Waals surface area contributed by atoms with E-state index < -0.39 is 13.1 Å². The molecule has 34 heavy (non-hydrogen) atoms. The number of fused-ring (bicyclic) bond motifs is 1. The summed E-state index contributed by atoms with van der Waals surface area (Å²) in [5.41, 5.74) is 2.91. The minimum atomic E-state index is -1.00. The molecule has 0 bridgehead atoms. The second kappa shape index (κ2) is 8.95. The van der Waals surface area contributed by atoms with Gasteiger partial charge in [-0.25, -0.2) is 4.79 Å². The van der Waals surface area contributed by atoms with Crippen molar-refractivity contribution in [3.8, 4) is 11.5 Å². The Morgan fingerprint density at radius 2 is 1.47 bits per heavy atom. The van der Waals surface area contributed by atoms with Gasteiger partial charge in [0.05, 0.1) is 22.6 Å². The fourth-order valence-electron chi connectivity index (χ4n) is 3.40. The van der Waals surface area contributed by atoms with E-state index in [-0.39, 0.29) is 11.3 Å². The van der Waals surface area contributed by atoms with Crippen LogP contribution in [0.5, 0.6) is 11.5 Å². The Morgan fingerprint density at radius 1 is 0.824 bits per heavy atom. The molecule has 4 aromatic rings. The van der Waals surface area contributed by atoms with Crippen molar-refractivity contribution in [3.05, 3.63) is 102 Å². The van der Waals surface area contributed by atoms with Crippen molar-refractivity contribution < 1.29 is 24.0 Å². The number of azo groups is 1. The lowest BCUT2D eigenvalue weighted by atomic mass is 9.75. The van der Waals surface area contributed by atoms with E-state index in [4.69, 9.17) is 14.4 Å². The summed E-state index contributed by atoms with van der Waals surface area (Å²) in [5, 5.41) is 17.3. The number of aromatic carboxylic acids is 1. The first-order chi connectivity index (χ1) is 16.6. The standard InChI is InChI=1S/C24H17BN4O5/c30-21(20-4-2-12-27-20)14-18(19-3-1-11-26-19)25-33-22-10-9-17(13-23(22)34-25)29-28-16-7-5-15(6-8-16)24(31)32/h1-14,26-27H,(H,31,32)/b18-14+,29-28?. The Balaban J connectivity index is 1.36. The predicted octanol–water partition coefficient (Wildman–Crippen LogP) is 5.22. The zero-order chi connectivity index (χ0) is 23.5. The van der Waals surface area contributed by atoms with Gasteiger partial charge in [-0.3, -0.25) is 4.79 Å². The summed E-state index contributed by atoms with van der Waals surface area (Å²) < 4.78 is 12.0. The molecule has 3 heterocycles. The van der Waals surface area contributed by atoms with E-state index in [1.54, 1.807) is 54.9 Å². The first kappa shape index (κ1) is 21.0. The number of allylic oxidation sites excluding steroid dienone is 1. The van der Waals surface area contributed by atoms with Crippen molar-refractivity contribution in [1.29, 1.82) is 0 Å². The molecule has 166 valence electrons. The predicted molar refractivity (Wildman–Crippen MR) is 125 cm³/mol. The van der Waals surface area contributed by atoms with E-state index in [1.807, 2.05) is 12.1 Å². The van der Waals surface area contributed by atoms with Gasteiger partial charge in [-0.05, 0) is 66.7 Å². The van der Waals surface area contributed by atoms with Gasteiger partial charge < -0.3 is 24.4 Å². The van der Waals surface area contributed by atoms with Crippen LogP contribution in [0.4, 0.5) is 11.4 Å². The van der Waals surface area contributed by atoms with Crippen LogP contribution in [0.3, 0.4) is 0 Å². The van der Waals surface area contributed by atoms with Gasteiger partial charge in [0, 0.05) is 29.6 Å². The number of benzene rings is 2. The van der Waals surface area contributed by atoms with Gasteiger partial charge in [0.1, 0.15) is 11.5 Å². The maximum absolute atomic E-state index is 12.7. The molecule has 2 aromatic heterocycles. The zero-order valence-electron chi connectivity index (χ0n) is 17.6. The van der Waals surface area contributed by atoms with Crippen LogP contribution in [0.1, 0.15) is 26.5 Å². The first-order valence-corrected chi connectivity index (χ1v) is 10.3. The number of ketones is 1. The van der Waals surface area contributed by atoms with E-state index in [2.05, 4.69) is 20.2 Å². The molecule has 0 amide bonds. The smallest absolute Gasteiger partial charge is 0.519 e. The van der Waals surface area contributed by atoms with Crippen LogP contribution in [0, 0.1) is 0 Å². The van der Waals surface area contributed by atoms with Crippen LogP contribution in [-0.2, 0) is 0 Å². The molecule has 5 rings (SSSR count). The third-order valence-electron chi connectivity index (χ3n) is 5.10. The highest BCUT2D eigenvalue weighted by molar-refractivity contribution is 6.71. The summed E-state index contributed by atoms with van der Waals surface area (Å²) in [6, 6.07) is 18.3. The van der Waals surface area contributed by atoms with Gasteiger partial charge in [0.15, 0.2) is 0 Å². The average Bonchev–Trinajstić information content (AvgIpc) is 3.62. The van der Waals surface area contributed by atoms with Crippen LogP contribution < -0.4 is 9.31 Å². The largest absolute Gasteiger partial charge is 0.635 e. The molecule has 0 radical (unpaired) electrons. The molecule has 0 saturated carbocycles. The summed E-state index contributed by atoms with van der Waals surface area (Å²) in [7, 11) is -0.830.